The molecule has 1 fully saturated rings. The van der Waals surface area contributed by atoms with Crippen molar-refractivity contribution in [3.63, 3.8) is 0 Å². The van der Waals surface area contributed by atoms with E-state index in [1.807, 2.05) is 30.3 Å². The summed E-state index contributed by atoms with van der Waals surface area (Å²) in [6, 6.07) is 17.6. The number of hydrogen-bond acceptors (Lipinski definition) is 5. The standard InChI is InChI=1S/C25H27FN4O2/c1-32-23-6-3-2-5-22(23)25(31)28-21-11-12-24(27-17-21)30-14-4-13-29(15-16-30)18-19-7-9-20(26)10-8-19/h2-3,5-12,17H,4,13-16,18H2,1H3,(H,28,31). The highest BCUT2D eigenvalue weighted by Crippen LogP contribution is 2.21. The van der Waals surface area contributed by atoms with E-state index >= 15 is 0 Å². The average Bonchev–Trinajstić information content (AvgIpc) is 3.06. The van der Waals surface area contributed by atoms with Gasteiger partial charge in [0, 0.05) is 32.7 Å². The molecule has 3 aromatic rings. The summed E-state index contributed by atoms with van der Waals surface area (Å²) in [4.78, 5) is 21.8. The number of para-hydroxylation sites is 1. The van der Waals surface area contributed by atoms with Crippen molar-refractivity contribution >= 4 is 17.4 Å². The Kier molecular flexibility index (Phi) is 6.97. The van der Waals surface area contributed by atoms with Gasteiger partial charge in [0.15, 0.2) is 0 Å². The maximum atomic E-state index is 13.1. The monoisotopic (exact) mass is 434 g/mol. The molecule has 7 heteroatoms. The van der Waals surface area contributed by atoms with E-state index in [9.17, 15) is 9.18 Å². The predicted molar refractivity (Wildman–Crippen MR) is 124 cm³/mol. The van der Waals surface area contributed by atoms with Crippen molar-refractivity contribution < 1.29 is 13.9 Å². The number of carbonyl (C=O) groups is 1. The highest BCUT2D eigenvalue weighted by Gasteiger charge is 2.17. The summed E-state index contributed by atoms with van der Waals surface area (Å²) in [6.45, 7) is 4.49. The first-order valence-electron chi connectivity index (χ1n) is 10.7. The van der Waals surface area contributed by atoms with Crippen LogP contribution < -0.4 is 15.0 Å². The fourth-order valence-corrected chi connectivity index (χ4v) is 3.88. The predicted octanol–water partition coefficient (Wildman–Crippen LogP) is 4.19. The third-order valence-corrected chi connectivity index (χ3v) is 5.59. The Hall–Kier alpha value is -3.45. The number of pyridine rings is 1. The fourth-order valence-electron chi connectivity index (χ4n) is 3.88. The number of rotatable bonds is 6. The highest BCUT2D eigenvalue weighted by atomic mass is 19.1. The minimum Gasteiger partial charge on any atom is -0.496 e. The molecule has 1 amide bonds. The molecule has 32 heavy (non-hydrogen) atoms. The van der Waals surface area contributed by atoms with E-state index in [-0.39, 0.29) is 11.7 Å². The molecular weight excluding hydrogens is 407 g/mol. The van der Waals surface area contributed by atoms with Gasteiger partial charge in [-0.1, -0.05) is 24.3 Å². The van der Waals surface area contributed by atoms with Crippen LogP contribution in [0.4, 0.5) is 15.9 Å². The second kappa shape index (κ2) is 10.2. The normalized spacial score (nSPS) is 14.6. The molecule has 1 saturated heterocycles. The van der Waals surface area contributed by atoms with Crippen LogP contribution in [-0.4, -0.2) is 49.1 Å². The van der Waals surface area contributed by atoms with E-state index < -0.39 is 0 Å². The van der Waals surface area contributed by atoms with Gasteiger partial charge in [0.25, 0.3) is 5.91 Å². The SMILES string of the molecule is COc1ccccc1C(=O)Nc1ccc(N2CCCN(Cc3ccc(F)cc3)CC2)nc1. The Labute approximate surface area is 187 Å². The Morgan fingerprint density at radius 3 is 2.59 bits per heavy atom. The molecule has 0 radical (unpaired) electrons. The van der Waals surface area contributed by atoms with Crippen LogP contribution in [0.1, 0.15) is 22.3 Å². The van der Waals surface area contributed by atoms with E-state index in [2.05, 4.69) is 20.1 Å². The van der Waals surface area contributed by atoms with E-state index in [0.717, 1.165) is 50.5 Å². The maximum Gasteiger partial charge on any atom is 0.259 e. The van der Waals surface area contributed by atoms with Crippen LogP contribution in [0, 0.1) is 5.82 Å². The number of hydrogen-bond donors (Lipinski definition) is 1. The fraction of sp³-hybridized carbons (Fsp3) is 0.280. The molecule has 1 N–H and O–H groups in total. The molecule has 1 aliphatic heterocycles. The number of methoxy groups -OCH3 is 1. The first kappa shape index (κ1) is 21.8. The van der Waals surface area contributed by atoms with Crippen LogP contribution >= 0.6 is 0 Å². The molecule has 0 bridgehead atoms. The summed E-state index contributed by atoms with van der Waals surface area (Å²) in [7, 11) is 1.55. The Morgan fingerprint density at radius 2 is 1.84 bits per heavy atom. The zero-order valence-corrected chi connectivity index (χ0v) is 18.1. The molecule has 2 aromatic carbocycles. The van der Waals surface area contributed by atoms with Crippen LogP contribution in [0.15, 0.2) is 66.9 Å². The lowest BCUT2D eigenvalue weighted by Crippen LogP contribution is -2.31. The van der Waals surface area contributed by atoms with E-state index in [1.165, 1.54) is 12.1 Å². The van der Waals surface area contributed by atoms with Crippen molar-refractivity contribution in [3.8, 4) is 5.75 Å². The molecular formula is C25H27FN4O2. The first-order chi connectivity index (χ1) is 15.6. The van der Waals surface area contributed by atoms with Gasteiger partial charge in [-0.3, -0.25) is 9.69 Å². The van der Waals surface area contributed by atoms with Gasteiger partial charge in [-0.2, -0.15) is 0 Å². The Balaban J connectivity index is 1.34. The molecule has 1 aromatic heterocycles. The maximum absolute atomic E-state index is 13.1. The number of amides is 1. The number of ether oxygens (including phenoxy) is 1. The lowest BCUT2D eigenvalue weighted by atomic mass is 10.2. The second-order valence-electron chi connectivity index (χ2n) is 7.80. The van der Waals surface area contributed by atoms with Gasteiger partial charge in [0.05, 0.1) is 24.6 Å². The minimum atomic E-state index is -0.233. The number of anilines is 2. The smallest absolute Gasteiger partial charge is 0.259 e. The third kappa shape index (κ3) is 5.42. The van der Waals surface area contributed by atoms with Crippen molar-refractivity contribution in [2.75, 3.05) is 43.5 Å². The van der Waals surface area contributed by atoms with Crippen LogP contribution in [0.25, 0.3) is 0 Å². The summed E-state index contributed by atoms with van der Waals surface area (Å²) in [5.74, 6) is 0.987. The molecule has 4 rings (SSSR count). The molecule has 0 atom stereocenters. The van der Waals surface area contributed by atoms with Crippen molar-refractivity contribution in [1.82, 2.24) is 9.88 Å². The summed E-state index contributed by atoms with van der Waals surface area (Å²) >= 11 is 0. The highest BCUT2D eigenvalue weighted by molar-refractivity contribution is 6.06. The molecule has 0 unspecified atom stereocenters. The van der Waals surface area contributed by atoms with Gasteiger partial charge in [0.1, 0.15) is 17.4 Å². The first-order valence-corrected chi connectivity index (χ1v) is 10.7. The molecule has 6 nitrogen and oxygen atoms in total. The van der Waals surface area contributed by atoms with Crippen molar-refractivity contribution in [3.05, 3.63) is 83.8 Å². The van der Waals surface area contributed by atoms with Crippen molar-refractivity contribution in [1.29, 1.82) is 0 Å². The molecule has 2 heterocycles. The van der Waals surface area contributed by atoms with E-state index in [1.54, 1.807) is 31.5 Å². The minimum absolute atomic E-state index is 0.204. The van der Waals surface area contributed by atoms with Crippen LogP contribution in [0.5, 0.6) is 5.75 Å². The number of nitrogens with zero attached hydrogens (tertiary/aromatic N) is 3. The van der Waals surface area contributed by atoms with Gasteiger partial charge < -0.3 is 15.0 Å². The van der Waals surface area contributed by atoms with Crippen LogP contribution in [0.2, 0.25) is 0 Å². The largest absolute Gasteiger partial charge is 0.496 e. The van der Waals surface area contributed by atoms with Crippen LogP contribution in [-0.2, 0) is 6.54 Å². The molecule has 0 aliphatic carbocycles. The second-order valence-corrected chi connectivity index (χ2v) is 7.80. The van der Waals surface area contributed by atoms with Gasteiger partial charge in [-0.15, -0.1) is 0 Å². The number of benzene rings is 2. The lowest BCUT2D eigenvalue weighted by Gasteiger charge is -2.23. The Morgan fingerprint density at radius 1 is 1.03 bits per heavy atom. The molecule has 0 spiro atoms. The molecule has 166 valence electrons. The van der Waals surface area contributed by atoms with Crippen molar-refractivity contribution in [2.45, 2.75) is 13.0 Å². The summed E-state index contributed by atoms with van der Waals surface area (Å²) in [5, 5.41) is 2.88. The summed E-state index contributed by atoms with van der Waals surface area (Å²) in [6.07, 6.45) is 2.71. The lowest BCUT2D eigenvalue weighted by molar-refractivity contribution is 0.102. The molecule has 1 aliphatic rings. The average molecular weight is 435 g/mol. The summed E-state index contributed by atoms with van der Waals surface area (Å²) < 4.78 is 18.4. The van der Waals surface area contributed by atoms with E-state index in [4.69, 9.17) is 4.74 Å². The van der Waals surface area contributed by atoms with Gasteiger partial charge in [0.2, 0.25) is 0 Å². The van der Waals surface area contributed by atoms with Gasteiger partial charge in [-0.25, -0.2) is 9.37 Å². The zero-order chi connectivity index (χ0) is 22.3. The number of nitrogens with one attached hydrogen (secondary N) is 1. The topological polar surface area (TPSA) is 57.7 Å². The van der Waals surface area contributed by atoms with Gasteiger partial charge >= 0.3 is 0 Å². The number of aromatic nitrogens is 1. The third-order valence-electron chi connectivity index (χ3n) is 5.59. The molecule has 0 saturated carbocycles. The number of carbonyl (C=O) groups excluding carboxylic acids is 1. The zero-order valence-electron chi connectivity index (χ0n) is 18.1. The summed E-state index contributed by atoms with van der Waals surface area (Å²) in [5.41, 5.74) is 2.23. The van der Waals surface area contributed by atoms with E-state index in [0.29, 0.717) is 17.0 Å². The van der Waals surface area contributed by atoms with Gasteiger partial charge in [-0.05, 0) is 48.4 Å². The number of halogens is 1. The van der Waals surface area contributed by atoms with Crippen LogP contribution in [0.3, 0.4) is 0 Å². The quantitative estimate of drug-likeness (QED) is 0.630. The van der Waals surface area contributed by atoms with Crippen molar-refractivity contribution in [2.24, 2.45) is 0 Å². The Bertz CT molecular complexity index is 1040.